The molecule has 2 rings (SSSR count). The van der Waals surface area contributed by atoms with Gasteiger partial charge in [-0.1, -0.05) is 25.8 Å². The molecule has 23 heavy (non-hydrogen) atoms. The van der Waals surface area contributed by atoms with Crippen LogP contribution >= 0.6 is 15.9 Å². The van der Waals surface area contributed by atoms with E-state index >= 15 is 0 Å². The first-order valence-electron chi connectivity index (χ1n) is 7.74. The van der Waals surface area contributed by atoms with Crippen molar-refractivity contribution < 1.29 is 4.79 Å². The third kappa shape index (κ3) is 5.32. The number of carbonyl (C=O) groups excluding carboxylic acids is 1. The minimum Gasteiger partial charge on any atom is -0.354 e. The quantitative estimate of drug-likeness (QED) is 0.702. The first-order valence-corrected chi connectivity index (χ1v) is 8.54. The third-order valence-corrected chi connectivity index (χ3v) is 3.98. The second-order valence-corrected chi connectivity index (χ2v) is 6.19. The summed E-state index contributed by atoms with van der Waals surface area (Å²) < 4.78 is 0.845. The number of carbonyl (C=O) groups is 1. The predicted molar refractivity (Wildman–Crippen MR) is 96.9 cm³/mol. The molecule has 0 bridgehead atoms. The number of unbranched alkanes of at least 4 members (excludes halogenated alkanes) is 2. The Morgan fingerprint density at radius 3 is 2.83 bits per heavy atom. The van der Waals surface area contributed by atoms with Crippen molar-refractivity contribution in [1.82, 2.24) is 9.97 Å². The lowest BCUT2D eigenvalue weighted by Crippen LogP contribution is -2.16. The molecule has 0 radical (unpaired) electrons. The molecule has 1 amide bonds. The van der Waals surface area contributed by atoms with Gasteiger partial charge in [0, 0.05) is 17.2 Å². The topological polar surface area (TPSA) is 66.9 Å². The lowest BCUT2D eigenvalue weighted by molar-refractivity contribution is 0.102. The highest BCUT2D eigenvalue weighted by Gasteiger charge is 2.11. The summed E-state index contributed by atoms with van der Waals surface area (Å²) in [4.78, 5) is 20.7. The minimum atomic E-state index is -0.256. The van der Waals surface area contributed by atoms with Crippen molar-refractivity contribution in [2.24, 2.45) is 0 Å². The largest absolute Gasteiger partial charge is 0.354 e. The Hall–Kier alpha value is -1.95. The zero-order valence-corrected chi connectivity index (χ0v) is 15.0. The van der Waals surface area contributed by atoms with Crippen LogP contribution in [0, 0.1) is 6.92 Å². The van der Waals surface area contributed by atoms with Crippen molar-refractivity contribution >= 4 is 33.5 Å². The van der Waals surface area contributed by atoms with E-state index < -0.39 is 0 Å². The number of hydrogen-bond donors (Lipinski definition) is 2. The Morgan fingerprint density at radius 2 is 2.09 bits per heavy atom. The van der Waals surface area contributed by atoms with E-state index in [-0.39, 0.29) is 5.91 Å². The second-order valence-electron chi connectivity index (χ2n) is 5.34. The summed E-state index contributed by atoms with van der Waals surface area (Å²) in [5.41, 5.74) is 2.18. The molecule has 0 saturated carbocycles. The highest BCUT2D eigenvalue weighted by molar-refractivity contribution is 9.10. The number of anilines is 2. The van der Waals surface area contributed by atoms with Gasteiger partial charge in [0.15, 0.2) is 0 Å². The Kier molecular flexibility index (Phi) is 6.52. The first kappa shape index (κ1) is 17.4. The number of nitrogens with one attached hydrogen (secondary N) is 2. The van der Waals surface area contributed by atoms with Gasteiger partial charge in [0.1, 0.15) is 5.69 Å². The molecule has 1 aromatic heterocycles. The monoisotopic (exact) mass is 376 g/mol. The summed E-state index contributed by atoms with van der Waals surface area (Å²) >= 11 is 3.45. The molecule has 0 atom stereocenters. The van der Waals surface area contributed by atoms with Crippen molar-refractivity contribution in [1.29, 1.82) is 0 Å². The van der Waals surface area contributed by atoms with Crippen LogP contribution in [-0.2, 0) is 0 Å². The summed E-state index contributed by atoms with van der Waals surface area (Å²) in [5.74, 6) is 0.227. The molecule has 122 valence electrons. The average molecular weight is 377 g/mol. The Balaban J connectivity index is 2.01. The Labute approximate surface area is 145 Å². The molecule has 1 aromatic carbocycles. The molecule has 0 fully saturated rings. The highest BCUT2D eigenvalue weighted by atomic mass is 79.9. The van der Waals surface area contributed by atoms with E-state index in [1.807, 2.05) is 25.1 Å². The van der Waals surface area contributed by atoms with Gasteiger partial charge in [0.25, 0.3) is 5.91 Å². The zero-order valence-electron chi connectivity index (χ0n) is 13.4. The van der Waals surface area contributed by atoms with Gasteiger partial charge in [0.05, 0.1) is 5.69 Å². The van der Waals surface area contributed by atoms with E-state index in [1.165, 1.54) is 0 Å². The molecule has 1 heterocycles. The summed E-state index contributed by atoms with van der Waals surface area (Å²) in [5, 5.41) is 6.00. The van der Waals surface area contributed by atoms with Gasteiger partial charge < -0.3 is 10.6 Å². The fourth-order valence-electron chi connectivity index (χ4n) is 2.05. The molecule has 0 aliphatic rings. The molecule has 0 saturated heterocycles. The molecule has 2 aromatic rings. The van der Waals surface area contributed by atoms with E-state index in [2.05, 4.69) is 43.5 Å². The fraction of sp³-hybridized carbons (Fsp3) is 0.353. The van der Waals surface area contributed by atoms with Crippen LogP contribution in [-0.4, -0.2) is 22.4 Å². The van der Waals surface area contributed by atoms with E-state index in [4.69, 9.17) is 0 Å². The smallest absolute Gasteiger partial charge is 0.274 e. The molecular formula is C17H21BrN4O. The van der Waals surface area contributed by atoms with Crippen LogP contribution in [0.1, 0.15) is 42.2 Å². The van der Waals surface area contributed by atoms with Crippen LogP contribution in [0.3, 0.4) is 0 Å². The van der Waals surface area contributed by atoms with Crippen molar-refractivity contribution in [3.05, 3.63) is 46.2 Å². The van der Waals surface area contributed by atoms with E-state index in [0.717, 1.165) is 41.5 Å². The maximum atomic E-state index is 12.3. The van der Waals surface area contributed by atoms with Crippen molar-refractivity contribution in [2.75, 3.05) is 17.2 Å². The average Bonchev–Trinajstić information content (AvgIpc) is 2.54. The van der Waals surface area contributed by atoms with Crippen molar-refractivity contribution in [2.45, 2.75) is 33.1 Å². The molecule has 0 spiro atoms. The number of amides is 1. The van der Waals surface area contributed by atoms with Crippen LogP contribution in [0.25, 0.3) is 0 Å². The number of nitrogens with zero attached hydrogens (tertiary/aromatic N) is 2. The fourth-order valence-corrected chi connectivity index (χ4v) is 2.65. The Morgan fingerprint density at radius 1 is 1.26 bits per heavy atom. The molecule has 6 heteroatoms. The maximum absolute atomic E-state index is 12.3. The summed E-state index contributed by atoms with van der Waals surface area (Å²) in [7, 11) is 0. The maximum Gasteiger partial charge on any atom is 0.274 e. The van der Waals surface area contributed by atoms with Crippen LogP contribution < -0.4 is 10.6 Å². The number of halogens is 1. The van der Waals surface area contributed by atoms with Crippen molar-refractivity contribution in [3.63, 3.8) is 0 Å². The number of benzene rings is 1. The van der Waals surface area contributed by atoms with Gasteiger partial charge in [-0.05, 0) is 53.0 Å². The summed E-state index contributed by atoms with van der Waals surface area (Å²) in [6, 6.07) is 7.37. The van der Waals surface area contributed by atoms with Crippen molar-refractivity contribution in [3.8, 4) is 0 Å². The number of aryl methyl sites for hydroxylation is 1. The van der Waals surface area contributed by atoms with Crippen LogP contribution in [0.2, 0.25) is 0 Å². The highest BCUT2D eigenvalue weighted by Crippen LogP contribution is 2.23. The van der Waals surface area contributed by atoms with Crippen LogP contribution in [0.15, 0.2) is 34.9 Å². The van der Waals surface area contributed by atoms with E-state index in [0.29, 0.717) is 11.6 Å². The van der Waals surface area contributed by atoms with Crippen LogP contribution in [0.5, 0.6) is 0 Å². The second kappa shape index (κ2) is 8.62. The predicted octanol–water partition coefficient (Wildman–Crippen LogP) is 4.40. The summed E-state index contributed by atoms with van der Waals surface area (Å²) in [6.45, 7) is 4.96. The van der Waals surface area contributed by atoms with Gasteiger partial charge in [-0.2, -0.15) is 0 Å². The number of aromatic nitrogens is 2. The Bertz CT molecular complexity index is 675. The lowest BCUT2D eigenvalue weighted by atomic mass is 10.2. The van der Waals surface area contributed by atoms with E-state index in [1.54, 1.807) is 12.3 Å². The lowest BCUT2D eigenvalue weighted by Gasteiger charge is -2.09. The van der Waals surface area contributed by atoms with Gasteiger partial charge in [-0.3, -0.25) is 4.79 Å². The standard InChI is InChI=1S/C17H21BrN4O/c1-3-4-5-9-19-17-20-10-8-15(22-17)16(23)21-14-7-6-12(2)11-13(14)18/h6-8,10-11H,3-5,9H2,1-2H3,(H,21,23)(H,19,20,22). The number of rotatable bonds is 7. The normalized spacial score (nSPS) is 10.4. The van der Waals surface area contributed by atoms with Gasteiger partial charge >= 0.3 is 0 Å². The molecule has 0 unspecified atom stereocenters. The van der Waals surface area contributed by atoms with Crippen LogP contribution in [0.4, 0.5) is 11.6 Å². The molecule has 0 aliphatic heterocycles. The molecule has 5 nitrogen and oxygen atoms in total. The molecule has 2 N–H and O–H groups in total. The molecule has 0 aliphatic carbocycles. The van der Waals surface area contributed by atoms with Gasteiger partial charge in [-0.25, -0.2) is 9.97 Å². The van der Waals surface area contributed by atoms with Gasteiger partial charge in [-0.15, -0.1) is 0 Å². The van der Waals surface area contributed by atoms with E-state index in [9.17, 15) is 4.79 Å². The molecular weight excluding hydrogens is 356 g/mol. The zero-order chi connectivity index (χ0) is 16.7. The minimum absolute atomic E-state index is 0.256. The number of hydrogen-bond acceptors (Lipinski definition) is 4. The van der Waals surface area contributed by atoms with Gasteiger partial charge in [0.2, 0.25) is 5.95 Å². The third-order valence-electron chi connectivity index (χ3n) is 3.32. The summed E-state index contributed by atoms with van der Waals surface area (Å²) in [6.07, 6.45) is 4.98. The SMILES string of the molecule is CCCCCNc1nccc(C(=O)Nc2ccc(C)cc2Br)n1. The first-order chi connectivity index (χ1) is 11.1.